The molecule has 0 unspecified atom stereocenters. The van der Waals surface area contributed by atoms with Crippen LogP contribution in [0.2, 0.25) is 5.28 Å². The number of aromatic nitrogens is 4. The number of thiophene rings is 1. The molecule has 0 bridgehead atoms. The van der Waals surface area contributed by atoms with E-state index in [9.17, 15) is 0 Å². The number of hydrogen-bond donors (Lipinski definition) is 0. The van der Waals surface area contributed by atoms with E-state index in [4.69, 9.17) is 11.6 Å². The Morgan fingerprint density at radius 2 is 2.15 bits per heavy atom. The van der Waals surface area contributed by atoms with Gasteiger partial charge in [0, 0.05) is 17.3 Å². The molecule has 3 aromatic rings. The number of halogens is 1. The highest BCUT2D eigenvalue weighted by Crippen LogP contribution is 2.36. The van der Waals surface area contributed by atoms with Crippen LogP contribution < -0.4 is 0 Å². The summed E-state index contributed by atoms with van der Waals surface area (Å²) in [7, 11) is 1.93. The molecule has 0 aliphatic carbocycles. The van der Waals surface area contributed by atoms with Crippen LogP contribution in [0.4, 0.5) is 0 Å². The number of rotatable bonds is 3. The van der Waals surface area contributed by atoms with Gasteiger partial charge in [-0.3, -0.25) is 4.68 Å². The van der Waals surface area contributed by atoms with Crippen LogP contribution in [-0.2, 0) is 13.5 Å². The minimum Gasteiger partial charge on any atom is -0.261 e. The molecule has 0 aliphatic rings. The molecule has 0 atom stereocenters. The number of nitrogens with zero attached hydrogens (tertiary/aromatic N) is 4. The lowest BCUT2D eigenvalue weighted by Crippen LogP contribution is -1.93. The third kappa shape index (κ3) is 2.55. The number of fused-ring (bicyclic) bond motifs is 1. The van der Waals surface area contributed by atoms with Crippen molar-refractivity contribution >= 4 is 44.9 Å². The van der Waals surface area contributed by atoms with E-state index in [0.717, 1.165) is 32.4 Å². The molecule has 0 radical (unpaired) electrons. The van der Waals surface area contributed by atoms with Gasteiger partial charge in [-0.25, -0.2) is 9.97 Å². The smallest absolute Gasteiger partial charge is 0.224 e. The molecular formula is C13H13ClN4S2. The molecule has 20 heavy (non-hydrogen) atoms. The fourth-order valence-electron chi connectivity index (χ4n) is 1.95. The molecule has 104 valence electrons. The van der Waals surface area contributed by atoms with Crippen LogP contribution >= 0.6 is 34.7 Å². The molecule has 0 aromatic carbocycles. The highest BCUT2D eigenvalue weighted by Gasteiger charge is 2.13. The summed E-state index contributed by atoms with van der Waals surface area (Å²) < 4.78 is 1.86. The summed E-state index contributed by atoms with van der Waals surface area (Å²) in [5, 5.41) is 7.65. The summed E-state index contributed by atoms with van der Waals surface area (Å²) in [6.07, 6.45) is 0.994. The van der Waals surface area contributed by atoms with Gasteiger partial charge < -0.3 is 0 Å². The molecule has 0 saturated carbocycles. The fraction of sp³-hybridized carbons (Fsp3) is 0.308. The molecule has 3 rings (SSSR count). The zero-order chi connectivity index (χ0) is 14.3. The summed E-state index contributed by atoms with van der Waals surface area (Å²) in [5.41, 5.74) is 0.992. The van der Waals surface area contributed by atoms with Crippen molar-refractivity contribution < 1.29 is 0 Å². The molecular weight excluding hydrogens is 312 g/mol. The zero-order valence-electron chi connectivity index (χ0n) is 11.3. The van der Waals surface area contributed by atoms with E-state index in [2.05, 4.69) is 28.1 Å². The number of aryl methyl sites for hydroxylation is 3. The van der Waals surface area contributed by atoms with Gasteiger partial charge in [0.25, 0.3) is 0 Å². The maximum atomic E-state index is 6.04. The molecule has 3 heterocycles. The second kappa shape index (κ2) is 5.35. The van der Waals surface area contributed by atoms with Gasteiger partial charge in [0.2, 0.25) is 5.28 Å². The Kier molecular flexibility index (Phi) is 3.70. The van der Waals surface area contributed by atoms with Crippen LogP contribution in [0.15, 0.2) is 22.2 Å². The molecule has 0 aliphatic heterocycles. The molecule has 7 heteroatoms. The van der Waals surface area contributed by atoms with Crippen molar-refractivity contribution in [2.24, 2.45) is 7.05 Å². The first kappa shape index (κ1) is 13.9. The molecule has 3 aromatic heterocycles. The Hall–Kier alpha value is -1.11. The van der Waals surface area contributed by atoms with Gasteiger partial charge in [-0.05, 0) is 48.8 Å². The van der Waals surface area contributed by atoms with Crippen molar-refractivity contribution in [3.05, 3.63) is 28.0 Å². The van der Waals surface area contributed by atoms with Crippen LogP contribution in [0.3, 0.4) is 0 Å². The van der Waals surface area contributed by atoms with E-state index in [-0.39, 0.29) is 0 Å². The first-order valence-corrected chi connectivity index (χ1v) is 8.22. The van der Waals surface area contributed by atoms with E-state index in [1.807, 2.05) is 24.7 Å². The second-order valence-electron chi connectivity index (χ2n) is 4.43. The van der Waals surface area contributed by atoms with Crippen molar-refractivity contribution in [1.82, 2.24) is 19.7 Å². The Labute approximate surface area is 130 Å². The first-order valence-electron chi connectivity index (χ1n) is 6.21. The molecule has 4 nitrogen and oxygen atoms in total. The molecule has 0 spiro atoms. The first-order chi connectivity index (χ1) is 9.56. The maximum absolute atomic E-state index is 6.04. The Bertz CT molecular complexity index is 778. The van der Waals surface area contributed by atoms with Crippen molar-refractivity contribution in [1.29, 1.82) is 0 Å². The van der Waals surface area contributed by atoms with Crippen LogP contribution in [0.1, 0.15) is 17.5 Å². The van der Waals surface area contributed by atoms with Crippen LogP contribution in [0.5, 0.6) is 0 Å². The minimum absolute atomic E-state index is 0.295. The Balaban J connectivity index is 2.10. The summed E-state index contributed by atoms with van der Waals surface area (Å²) in [5.74, 6) is 0. The van der Waals surface area contributed by atoms with Crippen LogP contribution in [0.25, 0.3) is 10.2 Å². The van der Waals surface area contributed by atoms with Gasteiger partial charge in [0.1, 0.15) is 14.9 Å². The molecule has 0 amide bonds. The summed E-state index contributed by atoms with van der Waals surface area (Å²) in [6.45, 7) is 4.11. The lowest BCUT2D eigenvalue weighted by molar-refractivity contribution is 0.692. The Morgan fingerprint density at radius 3 is 2.80 bits per heavy atom. The normalized spacial score (nSPS) is 11.4. The van der Waals surface area contributed by atoms with Gasteiger partial charge in [0.05, 0.1) is 5.69 Å². The van der Waals surface area contributed by atoms with E-state index >= 15 is 0 Å². The second-order valence-corrected chi connectivity index (χ2v) is 6.89. The van der Waals surface area contributed by atoms with Crippen LogP contribution in [0, 0.1) is 6.92 Å². The average Bonchev–Trinajstić information content (AvgIpc) is 2.93. The third-order valence-electron chi connectivity index (χ3n) is 2.89. The van der Waals surface area contributed by atoms with E-state index in [0.29, 0.717) is 5.28 Å². The standard InChI is InChI=1S/C13H13ClN4S2/c1-4-8-6-9-11(19-8)15-13(14)16-12(9)20-10-5-7(2)17-18(10)3/h5-6H,4H2,1-3H3. The van der Waals surface area contributed by atoms with Gasteiger partial charge in [-0.1, -0.05) is 6.92 Å². The van der Waals surface area contributed by atoms with Gasteiger partial charge in [0.15, 0.2) is 0 Å². The quantitative estimate of drug-likeness (QED) is 0.537. The maximum Gasteiger partial charge on any atom is 0.224 e. The number of hydrogen-bond acceptors (Lipinski definition) is 5. The zero-order valence-corrected chi connectivity index (χ0v) is 13.7. The lowest BCUT2D eigenvalue weighted by Gasteiger charge is -2.02. The van der Waals surface area contributed by atoms with Gasteiger partial charge >= 0.3 is 0 Å². The average molecular weight is 325 g/mol. The Morgan fingerprint density at radius 1 is 1.35 bits per heavy atom. The largest absolute Gasteiger partial charge is 0.261 e. The van der Waals surface area contributed by atoms with Gasteiger partial charge in [-0.15, -0.1) is 11.3 Å². The predicted octanol–water partition coefficient (Wildman–Crippen LogP) is 4.10. The van der Waals surface area contributed by atoms with Gasteiger partial charge in [-0.2, -0.15) is 5.10 Å². The minimum atomic E-state index is 0.295. The predicted molar refractivity (Wildman–Crippen MR) is 83.9 cm³/mol. The molecule has 0 fully saturated rings. The summed E-state index contributed by atoms with van der Waals surface area (Å²) >= 11 is 9.28. The summed E-state index contributed by atoms with van der Waals surface area (Å²) in [6, 6.07) is 4.20. The molecule has 0 N–H and O–H groups in total. The fourth-order valence-corrected chi connectivity index (χ4v) is 4.25. The van der Waals surface area contributed by atoms with Crippen LogP contribution in [-0.4, -0.2) is 19.7 Å². The summed E-state index contributed by atoms with van der Waals surface area (Å²) in [4.78, 5) is 10.9. The monoisotopic (exact) mass is 324 g/mol. The van der Waals surface area contributed by atoms with Crippen molar-refractivity contribution in [3.63, 3.8) is 0 Å². The van der Waals surface area contributed by atoms with E-state index in [1.165, 1.54) is 4.88 Å². The topological polar surface area (TPSA) is 43.6 Å². The van der Waals surface area contributed by atoms with E-state index in [1.54, 1.807) is 23.1 Å². The molecule has 0 saturated heterocycles. The van der Waals surface area contributed by atoms with Crippen molar-refractivity contribution in [2.75, 3.05) is 0 Å². The lowest BCUT2D eigenvalue weighted by atomic mass is 10.3. The van der Waals surface area contributed by atoms with E-state index < -0.39 is 0 Å². The van der Waals surface area contributed by atoms with Crippen molar-refractivity contribution in [3.8, 4) is 0 Å². The van der Waals surface area contributed by atoms with Crippen molar-refractivity contribution in [2.45, 2.75) is 30.3 Å². The highest BCUT2D eigenvalue weighted by molar-refractivity contribution is 7.99. The third-order valence-corrected chi connectivity index (χ3v) is 5.33. The highest BCUT2D eigenvalue weighted by atomic mass is 35.5. The SMILES string of the molecule is CCc1cc2c(Sc3cc(C)nn3C)nc(Cl)nc2s1.